The number of aromatic nitrogens is 2. The number of hydrogen-bond acceptors (Lipinski definition) is 2. The fourth-order valence-corrected chi connectivity index (χ4v) is 3.94. The van der Waals surface area contributed by atoms with Gasteiger partial charge in [0, 0.05) is 25.5 Å². The Hall–Kier alpha value is -2.13. The molecule has 1 aliphatic rings. The van der Waals surface area contributed by atoms with Gasteiger partial charge in [0.1, 0.15) is 5.65 Å². The largest absolute Gasteiger partial charge is 0.307 e. The van der Waals surface area contributed by atoms with Crippen LogP contribution in [0.4, 0.5) is 0 Å². The molecule has 0 radical (unpaired) electrons. The smallest absolute Gasteiger partial charge is 0.137 e. The third-order valence-electron chi connectivity index (χ3n) is 5.10. The van der Waals surface area contributed by atoms with Gasteiger partial charge in [-0.05, 0) is 61.9 Å². The maximum atomic E-state index is 4.74. The van der Waals surface area contributed by atoms with Gasteiger partial charge in [-0.2, -0.15) is 0 Å². The molecule has 0 N–H and O–H groups in total. The van der Waals surface area contributed by atoms with Crippen molar-refractivity contribution in [3.63, 3.8) is 0 Å². The Morgan fingerprint density at radius 3 is 2.83 bits per heavy atom. The van der Waals surface area contributed by atoms with Crippen LogP contribution in [0.15, 0.2) is 48.8 Å². The number of fused-ring (bicyclic) bond motifs is 2. The zero-order valence-electron chi connectivity index (χ0n) is 14.6. The minimum absolute atomic E-state index is 0.754. The SMILES string of the molecule is Cc1ccc2nc(CN(C)CC3CCc4ccccc4C3)cn2c1. The summed E-state index contributed by atoms with van der Waals surface area (Å²) in [5.74, 6) is 0.754. The Morgan fingerprint density at radius 2 is 1.96 bits per heavy atom. The van der Waals surface area contributed by atoms with E-state index < -0.39 is 0 Å². The van der Waals surface area contributed by atoms with E-state index in [0.717, 1.165) is 30.3 Å². The van der Waals surface area contributed by atoms with Crippen molar-refractivity contribution in [2.75, 3.05) is 13.6 Å². The minimum Gasteiger partial charge on any atom is -0.307 e. The molecule has 124 valence electrons. The first-order valence-corrected chi connectivity index (χ1v) is 8.87. The van der Waals surface area contributed by atoms with E-state index in [1.807, 2.05) is 0 Å². The quantitative estimate of drug-likeness (QED) is 0.727. The Kier molecular flexibility index (Phi) is 4.11. The van der Waals surface area contributed by atoms with Gasteiger partial charge in [0.05, 0.1) is 5.69 Å². The lowest BCUT2D eigenvalue weighted by molar-refractivity contribution is 0.252. The van der Waals surface area contributed by atoms with E-state index in [-0.39, 0.29) is 0 Å². The normalized spacial score (nSPS) is 17.4. The van der Waals surface area contributed by atoms with Crippen LogP contribution in [0.5, 0.6) is 0 Å². The molecule has 0 fully saturated rings. The molecule has 3 nitrogen and oxygen atoms in total. The number of benzene rings is 1. The van der Waals surface area contributed by atoms with E-state index in [9.17, 15) is 0 Å². The van der Waals surface area contributed by atoms with E-state index in [4.69, 9.17) is 4.98 Å². The number of nitrogens with zero attached hydrogens (tertiary/aromatic N) is 3. The summed E-state index contributed by atoms with van der Waals surface area (Å²) >= 11 is 0. The zero-order valence-corrected chi connectivity index (χ0v) is 14.6. The second-order valence-corrected chi connectivity index (χ2v) is 7.28. The second-order valence-electron chi connectivity index (χ2n) is 7.28. The van der Waals surface area contributed by atoms with Crippen molar-refractivity contribution < 1.29 is 0 Å². The van der Waals surface area contributed by atoms with E-state index in [1.165, 1.54) is 24.8 Å². The summed E-state index contributed by atoms with van der Waals surface area (Å²) in [6, 6.07) is 13.1. The van der Waals surface area contributed by atoms with E-state index in [0.29, 0.717) is 0 Å². The topological polar surface area (TPSA) is 20.5 Å². The van der Waals surface area contributed by atoms with Crippen molar-refractivity contribution >= 4 is 5.65 Å². The highest BCUT2D eigenvalue weighted by atomic mass is 15.1. The van der Waals surface area contributed by atoms with E-state index in [2.05, 4.69) is 72.1 Å². The molecule has 0 saturated heterocycles. The number of rotatable bonds is 4. The van der Waals surface area contributed by atoms with Crippen molar-refractivity contribution in [3.05, 3.63) is 71.2 Å². The van der Waals surface area contributed by atoms with Crippen molar-refractivity contribution in [2.45, 2.75) is 32.7 Å². The zero-order chi connectivity index (χ0) is 16.5. The van der Waals surface area contributed by atoms with Crippen LogP contribution >= 0.6 is 0 Å². The summed E-state index contributed by atoms with van der Waals surface area (Å²) in [7, 11) is 2.22. The number of pyridine rings is 1. The van der Waals surface area contributed by atoms with Gasteiger partial charge < -0.3 is 9.30 Å². The van der Waals surface area contributed by atoms with Gasteiger partial charge in [0.2, 0.25) is 0 Å². The molecule has 4 rings (SSSR count). The highest BCUT2D eigenvalue weighted by Gasteiger charge is 2.19. The molecule has 1 atom stereocenters. The summed E-state index contributed by atoms with van der Waals surface area (Å²) < 4.78 is 2.13. The molecule has 0 amide bonds. The Labute approximate surface area is 143 Å². The molecule has 0 bridgehead atoms. The predicted octanol–water partition coefficient (Wildman–Crippen LogP) is 3.88. The van der Waals surface area contributed by atoms with Crippen molar-refractivity contribution in [3.8, 4) is 0 Å². The van der Waals surface area contributed by atoms with E-state index >= 15 is 0 Å². The Balaban J connectivity index is 1.40. The van der Waals surface area contributed by atoms with Gasteiger partial charge in [-0.3, -0.25) is 0 Å². The standard InChI is InChI=1S/C21H25N3/c1-16-7-10-21-22-20(15-24(21)12-16)14-23(2)13-17-8-9-18-5-3-4-6-19(18)11-17/h3-7,10,12,15,17H,8-9,11,13-14H2,1-2H3. The first-order valence-electron chi connectivity index (χ1n) is 8.87. The van der Waals surface area contributed by atoms with Gasteiger partial charge in [0.15, 0.2) is 0 Å². The third-order valence-corrected chi connectivity index (χ3v) is 5.10. The van der Waals surface area contributed by atoms with Crippen LogP contribution in [-0.2, 0) is 19.4 Å². The Morgan fingerprint density at radius 1 is 1.12 bits per heavy atom. The van der Waals surface area contributed by atoms with Crippen LogP contribution in [0.25, 0.3) is 5.65 Å². The maximum Gasteiger partial charge on any atom is 0.137 e. The lowest BCUT2D eigenvalue weighted by Crippen LogP contribution is -2.29. The molecular weight excluding hydrogens is 294 g/mol. The van der Waals surface area contributed by atoms with Crippen LogP contribution in [0.1, 0.15) is 28.8 Å². The molecule has 0 spiro atoms. The average Bonchev–Trinajstić information content (AvgIpc) is 2.95. The molecular formula is C21H25N3. The van der Waals surface area contributed by atoms with Crippen LogP contribution in [0.3, 0.4) is 0 Å². The highest BCUT2D eigenvalue weighted by Crippen LogP contribution is 2.26. The van der Waals surface area contributed by atoms with E-state index in [1.54, 1.807) is 11.1 Å². The highest BCUT2D eigenvalue weighted by molar-refractivity contribution is 5.41. The molecule has 2 heterocycles. The van der Waals surface area contributed by atoms with Gasteiger partial charge >= 0.3 is 0 Å². The van der Waals surface area contributed by atoms with Crippen molar-refractivity contribution in [1.82, 2.24) is 14.3 Å². The van der Waals surface area contributed by atoms with Crippen LogP contribution in [0, 0.1) is 12.8 Å². The fraction of sp³-hybridized carbons (Fsp3) is 0.381. The molecule has 1 unspecified atom stereocenters. The van der Waals surface area contributed by atoms with Crippen molar-refractivity contribution in [2.24, 2.45) is 5.92 Å². The molecule has 3 heteroatoms. The predicted molar refractivity (Wildman–Crippen MR) is 98.2 cm³/mol. The molecule has 0 saturated carbocycles. The van der Waals surface area contributed by atoms with Crippen LogP contribution < -0.4 is 0 Å². The Bertz CT molecular complexity index is 849. The molecule has 1 aromatic carbocycles. The van der Waals surface area contributed by atoms with Crippen molar-refractivity contribution in [1.29, 1.82) is 0 Å². The van der Waals surface area contributed by atoms with Gasteiger partial charge in [-0.1, -0.05) is 30.3 Å². The molecule has 2 aromatic heterocycles. The summed E-state index contributed by atoms with van der Waals surface area (Å²) in [6.07, 6.45) is 8.04. The third kappa shape index (κ3) is 3.22. The summed E-state index contributed by atoms with van der Waals surface area (Å²) in [5, 5.41) is 0. The van der Waals surface area contributed by atoms with Crippen LogP contribution in [-0.4, -0.2) is 27.9 Å². The van der Waals surface area contributed by atoms with Gasteiger partial charge in [-0.25, -0.2) is 4.98 Å². The summed E-state index contributed by atoms with van der Waals surface area (Å²) in [5.41, 5.74) is 6.55. The summed E-state index contributed by atoms with van der Waals surface area (Å²) in [4.78, 5) is 7.17. The monoisotopic (exact) mass is 319 g/mol. The van der Waals surface area contributed by atoms with Gasteiger partial charge in [-0.15, -0.1) is 0 Å². The molecule has 1 aliphatic carbocycles. The molecule has 24 heavy (non-hydrogen) atoms. The first kappa shape index (κ1) is 15.4. The lowest BCUT2D eigenvalue weighted by Gasteiger charge is -2.28. The first-order chi connectivity index (χ1) is 11.7. The molecule has 3 aromatic rings. The number of imidazole rings is 1. The number of aryl methyl sites for hydroxylation is 2. The van der Waals surface area contributed by atoms with Crippen LogP contribution in [0.2, 0.25) is 0 Å². The lowest BCUT2D eigenvalue weighted by atomic mass is 9.84. The average molecular weight is 319 g/mol. The maximum absolute atomic E-state index is 4.74. The summed E-state index contributed by atoms with van der Waals surface area (Å²) in [6.45, 7) is 4.17. The number of hydrogen-bond donors (Lipinski definition) is 0. The second kappa shape index (κ2) is 6.40. The molecule has 0 aliphatic heterocycles. The van der Waals surface area contributed by atoms with Gasteiger partial charge in [0.25, 0.3) is 0 Å². The minimum atomic E-state index is 0.754. The fourth-order valence-electron chi connectivity index (χ4n) is 3.94.